The molecule has 98 valence electrons. The number of nitro groups is 1. The summed E-state index contributed by atoms with van der Waals surface area (Å²) in [5, 5.41) is 13.3. The van der Waals surface area contributed by atoms with Gasteiger partial charge in [0.15, 0.2) is 0 Å². The zero-order valence-corrected chi connectivity index (χ0v) is 13.0. The summed E-state index contributed by atoms with van der Waals surface area (Å²) in [6.07, 6.45) is 0. The van der Waals surface area contributed by atoms with Crippen LogP contribution in [-0.4, -0.2) is 15.7 Å². The maximum Gasteiger partial charge on any atom is 0.270 e. The molecule has 1 aromatic rings. The monoisotopic (exact) mass is 378 g/mol. The van der Waals surface area contributed by atoms with Crippen LogP contribution in [0.4, 0.5) is 11.4 Å². The van der Waals surface area contributed by atoms with Crippen LogP contribution in [-0.2, 0) is 4.79 Å². The summed E-state index contributed by atoms with van der Waals surface area (Å²) in [5.41, 5.74) is 0.481. The molecule has 0 aliphatic heterocycles. The molecule has 0 aliphatic carbocycles. The zero-order valence-electron chi connectivity index (χ0n) is 9.81. The smallest absolute Gasteiger partial charge is 0.270 e. The summed E-state index contributed by atoms with van der Waals surface area (Å²) in [6.45, 7) is 3.84. The van der Waals surface area contributed by atoms with Gasteiger partial charge in [0, 0.05) is 16.6 Å². The van der Waals surface area contributed by atoms with E-state index >= 15 is 0 Å². The summed E-state index contributed by atoms with van der Waals surface area (Å²) in [4.78, 5) is 21.6. The van der Waals surface area contributed by atoms with Gasteiger partial charge in [-0.1, -0.05) is 29.8 Å². The zero-order chi connectivity index (χ0) is 13.9. The molecular formula is C11H12Br2N2O3. The first-order valence-electron chi connectivity index (χ1n) is 5.21. The van der Waals surface area contributed by atoms with Gasteiger partial charge >= 0.3 is 0 Å². The van der Waals surface area contributed by atoms with E-state index < -0.39 is 4.92 Å². The van der Waals surface area contributed by atoms with Gasteiger partial charge in [0.2, 0.25) is 5.91 Å². The molecule has 0 heterocycles. The molecule has 1 N–H and O–H groups in total. The van der Waals surface area contributed by atoms with Crippen molar-refractivity contribution in [1.82, 2.24) is 0 Å². The van der Waals surface area contributed by atoms with Crippen LogP contribution in [0.15, 0.2) is 22.7 Å². The van der Waals surface area contributed by atoms with E-state index in [2.05, 4.69) is 37.2 Å². The molecule has 0 bridgehead atoms. The minimum Gasteiger partial charge on any atom is -0.324 e. The standard InChI is InChI=1S/C11H12Br2N2O3/c1-6(2)10(13)11(16)14-9-4-3-7(15(17)18)5-8(9)12/h3-6,10H,1-2H3,(H,14,16). The lowest BCUT2D eigenvalue weighted by molar-refractivity contribution is -0.384. The number of anilines is 1. The molecule has 1 atom stereocenters. The number of non-ortho nitro benzene ring substituents is 1. The maximum atomic E-state index is 11.8. The minimum atomic E-state index is -0.488. The second kappa shape index (κ2) is 6.29. The molecule has 0 saturated carbocycles. The van der Waals surface area contributed by atoms with E-state index in [0.717, 1.165) is 0 Å². The van der Waals surface area contributed by atoms with Crippen LogP contribution in [0.1, 0.15) is 13.8 Å². The Kier molecular flexibility index (Phi) is 5.28. The molecule has 1 aromatic carbocycles. The Bertz CT molecular complexity index is 477. The number of nitrogens with zero attached hydrogens (tertiary/aromatic N) is 1. The molecule has 0 aliphatic rings. The Morgan fingerprint density at radius 2 is 2.06 bits per heavy atom. The number of carbonyl (C=O) groups excluding carboxylic acids is 1. The van der Waals surface area contributed by atoms with Crippen molar-refractivity contribution in [3.63, 3.8) is 0 Å². The summed E-state index contributed by atoms with van der Waals surface area (Å²) >= 11 is 6.49. The number of carbonyl (C=O) groups is 1. The Balaban J connectivity index is 2.86. The first kappa shape index (κ1) is 15.1. The Morgan fingerprint density at radius 1 is 1.44 bits per heavy atom. The highest BCUT2D eigenvalue weighted by atomic mass is 79.9. The number of nitro benzene ring substituents is 1. The molecule has 5 nitrogen and oxygen atoms in total. The third kappa shape index (κ3) is 3.78. The lowest BCUT2D eigenvalue weighted by atomic mass is 10.1. The highest BCUT2D eigenvalue weighted by molar-refractivity contribution is 9.10. The van der Waals surface area contributed by atoms with Gasteiger partial charge in [-0.3, -0.25) is 14.9 Å². The number of nitrogens with one attached hydrogen (secondary N) is 1. The van der Waals surface area contributed by atoms with Crippen LogP contribution in [0, 0.1) is 16.0 Å². The Labute approximate surface area is 121 Å². The van der Waals surface area contributed by atoms with Gasteiger partial charge < -0.3 is 5.32 Å². The quantitative estimate of drug-likeness (QED) is 0.492. The van der Waals surface area contributed by atoms with Crippen molar-refractivity contribution >= 4 is 49.1 Å². The van der Waals surface area contributed by atoms with Gasteiger partial charge in [-0.25, -0.2) is 0 Å². The molecule has 1 unspecified atom stereocenters. The first-order valence-corrected chi connectivity index (χ1v) is 6.92. The van der Waals surface area contributed by atoms with E-state index in [-0.39, 0.29) is 22.3 Å². The van der Waals surface area contributed by atoms with Crippen molar-refractivity contribution in [1.29, 1.82) is 0 Å². The van der Waals surface area contributed by atoms with Gasteiger partial charge in [0.25, 0.3) is 5.69 Å². The van der Waals surface area contributed by atoms with E-state index in [4.69, 9.17) is 0 Å². The largest absolute Gasteiger partial charge is 0.324 e. The molecule has 0 spiro atoms. The number of benzene rings is 1. The lowest BCUT2D eigenvalue weighted by Crippen LogP contribution is -2.27. The van der Waals surface area contributed by atoms with Gasteiger partial charge in [0.1, 0.15) is 0 Å². The topological polar surface area (TPSA) is 72.2 Å². The van der Waals surface area contributed by atoms with Crippen LogP contribution in [0.25, 0.3) is 0 Å². The fourth-order valence-electron chi connectivity index (χ4n) is 1.22. The third-order valence-corrected chi connectivity index (χ3v) is 4.39. The molecule has 0 fully saturated rings. The van der Waals surface area contributed by atoms with Crippen molar-refractivity contribution in [2.45, 2.75) is 18.7 Å². The molecule has 0 aromatic heterocycles. The lowest BCUT2D eigenvalue weighted by Gasteiger charge is -2.14. The summed E-state index contributed by atoms with van der Waals surface area (Å²) in [7, 11) is 0. The maximum absolute atomic E-state index is 11.8. The molecule has 7 heteroatoms. The number of halogens is 2. The van der Waals surface area contributed by atoms with Crippen LogP contribution in [0.5, 0.6) is 0 Å². The predicted octanol–water partition coefficient (Wildman–Crippen LogP) is 3.72. The molecule has 1 amide bonds. The normalized spacial score (nSPS) is 12.3. The predicted molar refractivity (Wildman–Crippen MR) is 77.0 cm³/mol. The fraction of sp³-hybridized carbons (Fsp3) is 0.364. The summed E-state index contributed by atoms with van der Waals surface area (Å²) in [5.74, 6) is -0.0265. The van der Waals surface area contributed by atoms with E-state index in [1.165, 1.54) is 18.2 Å². The number of rotatable bonds is 4. The van der Waals surface area contributed by atoms with Crippen molar-refractivity contribution < 1.29 is 9.72 Å². The Hall–Kier alpha value is -0.950. The van der Waals surface area contributed by atoms with Crippen LogP contribution in [0.2, 0.25) is 0 Å². The fourth-order valence-corrected chi connectivity index (χ4v) is 1.80. The van der Waals surface area contributed by atoms with Crippen molar-refractivity contribution in [3.8, 4) is 0 Å². The molecule has 0 saturated heterocycles. The summed E-state index contributed by atoms with van der Waals surface area (Å²) in [6, 6.07) is 4.20. The summed E-state index contributed by atoms with van der Waals surface area (Å²) < 4.78 is 0.480. The number of hydrogen-bond acceptors (Lipinski definition) is 3. The van der Waals surface area contributed by atoms with Crippen LogP contribution in [0.3, 0.4) is 0 Å². The van der Waals surface area contributed by atoms with E-state index in [9.17, 15) is 14.9 Å². The number of amides is 1. The van der Waals surface area contributed by atoms with E-state index in [0.29, 0.717) is 10.2 Å². The second-order valence-electron chi connectivity index (χ2n) is 4.06. The molecular weight excluding hydrogens is 368 g/mol. The van der Waals surface area contributed by atoms with Crippen molar-refractivity contribution in [3.05, 3.63) is 32.8 Å². The van der Waals surface area contributed by atoms with E-state index in [1.807, 2.05) is 13.8 Å². The van der Waals surface area contributed by atoms with Crippen LogP contribution < -0.4 is 5.32 Å². The van der Waals surface area contributed by atoms with Crippen molar-refractivity contribution in [2.75, 3.05) is 5.32 Å². The SMILES string of the molecule is CC(C)C(Br)C(=O)Nc1ccc([N+](=O)[O-])cc1Br. The number of hydrogen-bond donors (Lipinski definition) is 1. The van der Waals surface area contributed by atoms with Crippen molar-refractivity contribution in [2.24, 2.45) is 5.92 Å². The third-order valence-electron chi connectivity index (χ3n) is 2.26. The minimum absolute atomic E-state index is 0.0286. The average molecular weight is 380 g/mol. The van der Waals surface area contributed by atoms with Gasteiger partial charge in [-0.2, -0.15) is 0 Å². The highest BCUT2D eigenvalue weighted by Gasteiger charge is 2.20. The van der Waals surface area contributed by atoms with Gasteiger partial charge in [-0.05, 0) is 27.9 Å². The number of alkyl halides is 1. The van der Waals surface area contributed by atoms with Gasteiger partial charge in [-0.15, -0.1) is 0 Å². The first-order chi connectivity index (χ1) is 8.32. The van der Waals surface area contributed by atoms with Crippen LogP contribution >= 0.6 is 31.9 Å². The van der Waals surface area contributed by atoms with Gasteiger partial charge in [0.05, 0.1) is 15.4 Å². The highest BCUT2D eigenvalue weighted by Crippen LogP contribution is 2.28. The Morgan fingerprint density at radius 3 is 2.50 bits per heavy atom. The van der Waals surface area contributed by atoms with E-state index in [1.54, 1.807) is 0 Å². The molecule has 18 heavy (non-hydrogen) atoms. The average Bonchev–Trinajstić information content (AvgIpc) is 2.30. The second-order valence-corrected chi connectivity index (χ2v) is 5.90. The molecule has 0 radical (unpaired) electrons. The molecule has 1 rings (SSSR count).